The molecule has 10 heteroatoms. The first kappa shape index (κ1) is 18.2. The maximum absolute atomic E-state index is 11.5. The Balaban J connectivity index is 1.38. The van der Waals surface area contributed by atoms with Crippen LogP contribution >= 0.6 is 11.8 Å². The van der Waals surface area contributed by atoms with E-state index in [1.165, 1.54) is 11.8 Å². The lowest BCUT2D eigenvalue weighted by Crippen LogP contribution is -2.07. The minimum atomic E-state index is -2.91. The van der Waals surface area contributed by atoms with Gasteiger partial charge < -0.3 is 8.83 Å². The van der Waals surface area contributed by atoms with Gasteiger partial charge in [-0.2, -0.15) is 0 Å². The molecule has 27 heavy (non-hydrogen) atoms. The second-order valence-electron chi connectivity index (χ2n) is 6.51. The third-order valence-electron chi connectivity index (χ3n) is 4.33. The van der Waals surface area contributed by atoms with Crippen molar-refractivity contribution in [2.75, 3.05) is 11.5 Å². The van der Waals surface area contributed by atoms with Crippen molar-refractivity contribution < 1.29 is 17.3 Å². The van der Waals surface area contributed by atoms with Gasteiger partial charge in [0.25, 0.3) is 5.22 Å². The van der Waals surface area contributed by atoms with Crippen LogP contribution in [0.2, 0.25) is 0 Å². The zero-order chi connectivity index (χ0) is 18.9. The smallest absolute Gasteiger partial charge is 0.277 e. The van der Waals surface area contributed by atoms with Crippen molar-refractivity contribution in [2.24, 2.45) is 5.92 Å². The van der Waals surface area contributed by atoms with E-state index >= 15 is 0 Å². The molecule has 0 bridgehead atoms. The quantitative estimate of drug-likeness (QED) is 0.570. The van der Waals surface area contributed by atoms with Crippen molar-refractivity contribution in [1.29, 1.82) is 0 Å². The Morgan fingerprint density at radius 3 is 2.70 bits per heavy atom. The third kappa shape index (κ3) is 4.38. The van der Waals surface area contributed by atoms with E-state index in [2.05, 4.69) is 20.4 Å². The lowest BCUT2D eigenvalue weighted by Gasteiger charge is -2.03. The van der Waals surface area contributed by atoms with Gasteiger partial charge in [-0.3, -0.25) is 0 Å². The van der Waals surface area contributed by atoms with E-state index in [0.29, 0.717) is 35.7 Å². The minimum Gasteiger partial charge on any atom is -0.419 e. The number of hydrogen-bond donors (Lipinski definition) is 0. The molecule has 1 fully saturated rings. The normalized spacial score (nSPS) is 20.0. The highest BCUT2D eigenvalue weighted by Crippen LogP contribution is 2.34. The number of benzene rings is 1. The second kappa shape index (κ2) is 7.43. The van der Waals surface area contributed by atoms with Crippen molar-refractivity contribution in [2.45, 2.75) is 30.2 Å². The van der Waals surface area contributed by atoms with Crippen LogP contribution in [-0.4, -0.2) is 40.3 Å². The Morgan fingerprint density at radius 1 is 1.15 bits per heavy atom. The number of aromatic nitrogens is 4. The first-order chi connectivity index (χ1) is 13.0. The van der Waals surface area contributed by atoms with Crippen molar-refractivity contribution in [3.63, 3.8) is 0 Å². The summed E-state index contributed by atoms with van der Waals surface area (Å²) in [5.74, 6) is 1.88. The molecule has 0 aliphatic carbocycles. The highest BCUT2D eigenvalue weighted by molar-refractivity contribution is 7.99. The van der Waals surface area contributed by atoms with Crippen molar-refractivity contribution in [1.82, 2.24) is 20.4 Å². The molecule has 0 amide bonds. The number of hydrogen-bond acceptors (Lipinski definition) is 9. The number of nitrogens with zero attached hydrogens (tertiary/aromatic N) is 4. The lowest BCUT2D eigenvalue weighted by molar-refractivity contribution is 0.388. The first-order valence-electron chi connectivity index (χ1n) is 8.57. The Morgan fingerprint density at radius 2 is 1.96 bits per heavy atom. The summed E-state index contributed by atoms with van der Waals surface area (Å²) in [4.78, 5) is 0. The Labute approximate surface area is 160 Å². The Kier molecular flexibility index (Phi) is 5.00. The summed E-state index contributed by atoms with van der Waals surface area (Å²) < 4.78 is 34.5. The molecule has 2 unspecified atom stereocenters. The summed E-state index contributed by atoms with van der Waals surface area (Å²) >= 11 is 1.33. The SMILES string of the molecule is CC(Sc1nnc(CC2CCS(=O)(=O)C2)o1)c1nnc(-c2ccccc2)o1. The number of rotatable bonds is 6. The van der Waals surface area contributed by atoms with Gasteiger partial charge >= 0.3 is 0 Å². The molecule has 0 N–H and O–H groups in total. The summed E-state index contributed by atoms with van der Waals surface area (Å²) in [7, 11) is -2.91. The van der Waals surface area contributed by atoms with Gasteiger partial charge in [0.1, 0.15) is 0 Å². The summed E-state index contributed by atoms with van der Waals surface area (Å²) in [5.41, 5.74) is 0.861. The fraction of sp³-hybridized carbons (Fsp3) is 0.412. The molecule has 0 saturated carbocycles. The van der Waals surface area contributed by atoms with Gasteiger partial charge in [0.15, 0.2) is 9.84 Å². The van der Waals surface area contributed by atoms with Crippen LogP contribution in [0.15, 0.2) is 44.4 Å². The predicted molar refractivity (Wildman–Crippen MR) is 98.8 cm³/mol. The maximum Gasteiger partial charge on any atom is 0.277 e. The van der Waals surface area contributed by atoms with Crippen molar-refractivity contribution in [3.8, 4) is 11.5 Å². The van der Waals surface area contributed by atoms with E-state index in [4.69, 9.17) is 8.83 Å². The standard InChI is InChI=1S/C17H18N4O4S2/c1-11(15-19-20-16(25-15)13-5-3-2-4-6-13)26-17-21-18-14(24-17)9-12-7-8-27(22,23)10-12/h2-6,11-12H,7-10H2,1H3. The van der Waals surface area contributed by atoms with Crippen LogP contribution in [0.1, 0.15) is 30.4 Å². The van der Waals surface area contributed by atoms with Gasteiger partial charge in [-0.1, -0.05) is 30.0 Å². The largest absolute Gasteiger partial charge is 0.419 e. The van der Waals surface area contributed by atoms with E-state index < -0.39 is 9.84 Å². The first-order valence-corrected chi connectivity index (χ1v) is 11.3. The predicted octanol–water partition coefficient (Wildman–Crippen LogP) is 2.95. The zero-order valence-corrected chi connectivity index (χ0v) is 16.2. The molecule has 1 aliphatic heterocycles. The maximum atomic E-state index is 11.5. The molecule has 142 valence electrons. The van der Waals surface area contributed by atoms with E-state index in [9.17, 15) is 8.42 Å². The molecule has 0 spiro atoms. The fourth-order valence-corrected chi connectivity index (χ4v) is 5.54. The van der Waals surface area contributed by atoms with E-state index in [0.717, 1.165) is 5.56 Å². The number of thioether (sulfide) groups is 1. The van der Waals surface area contributed by atoms with E-state index in [-0.39, 0.29) is 22.7 Å². The van der Waals surface area contributed by atoms with Crippen LogP contribution in [0.25, 0.3) is 11.5 Å². The van der Waals surface area contributed by atoms with E-state index in [1.807, 2.05) is 37.3 Å². The van der Waals surface area contributed by atoms with Crippen LogP contribution < -0.4 is 0 Å². The molecular formula is C17H18N4O4S2. The van der Waals surface area contributed by atoms with Crippen molar-refractivity contribution >= 4 is 21.6 Å². The van der Waals surface area contributed by atoms with Gasteiger partial charge in [-0.25, -0.2) is 8.42 Å². The van der Waals surface area contributed by atoms with Crippen molar-refractivity contribution in [3.05, 3.63) is 42.1 Å². The molecule has 2 aromatic heterocycles. The van der Waals surface area contributed by atoms with Crippen LogP contribution in [0, 0.1) is 5.92 Å². The highest BCUT2D eigenvalue weighted by Gasteiger charge is 2.29. The van der Waals surface area contributed by atoms with Gasteiger partial charge in [-0.15, -0.1) is 20.4 Å². The van der Waals surface area contributed by atoms with Crippen LogP contribution in [-0.2, 0) is 16.3 Å². The van der Waals surface area contributed by atoms with Gasteiger partial charge in [0.05, 0.1) is 16.8 Å². The molecule has 8 nitrogen and oxygen atoms in total. The second-order valence-corrected chi connectivity index (χ2v) is 10.0. The molecule has 1 aromatic carbocycles. The molecule has 1 aliphatic rings. The van der Waals surface area contributed by atoms with Gasteiger partial charge in [0.2, 0.25) is 17.7 Å². The Bertz CT molecular complexity index is 1020. The summed E-state index contributed by atoms with van der Waals surface area (Å²) in [6.45, 7) is 1.92. The molecule has 3 heterocycles. The molecule has 0 radical (unpaired) electrons. The summed E-state index contributed by atoms with van der Waals surface area (Å²) in [6.07, 6.45) is 1.13. The monoisotopic (exact) mass is 406 g/mol. The topological polar surface area (TPSA) is 112 Å². The molecule has 4 rings (SSSR count). The number of sulfone groups is 1. The summed E-state index contributed by atoms with van der Waals surface area (Å²) in [6, 6.07) is 9.55. The van der Waals surface area contributed by atoms with Gasteiger partial charge in [-0.05, 0) is 31.4 Å². The minimum absolute atomic E-state index is 0.0510. The molecule has 3 aromatic rings. The third-order valence-corrected chi connectivity index (χ3v) is 7.08. The average molecular weight is 406 g/mol. The van der Waals surface area contributed by atoms with Gasteiger partial charge in [0, 0.05) is 12.0 Å². The highest BCUT2D eigenvalue weighted by atomic mass is 32.2. The van der Waals surface area contributed by atoms with Crippen LogP contribution in [0.3, 0.4) is 0 Å². The van der Waals surface area contributed by atoms with E-state index in [1.54, 1.807) is 0 Å². The molecular weight excluding hydrogens is 388 g/mol. The fourth-order valence-electron chi connectivity index (χ4n) is 2.95. The summed E-state index contributed by atoms with van der Waals surface area (Å²) in [5, 5.41) is 16.5. The Hall–Kier alpha value is -2.20. The average Bonchev–Trinajstić information content (AvgIpc) is 3.36. The molecule has 2 atom stereocenters. The van der Waals surface area contributed by atoms with Crippen LogP contribution in [0.5, 0.6) is 0 Å². The zero-order valence-electron chi connectivity index (χ0n) is 14.6. The van der Waals surface area contributed by atoms with Crippen LogP contribution in [0.4, 0.5) is 0 Å². The lowest BCUT2D eigenvalue weighted by atomic mass is 10.1. The molecule has 1 saturated heterocycles.